The monoisotopic (exact) mass is 312 g/mol. The Labute approximate surface area is 101 Å². The number of hydrogen-bond donors (Lipinski definition) is 0. The maximum Gasteiger partial charge on any atom is 0.146 e. The van der Waals surface area contributed by atoms with Crippen LogP contribution in [0.15, 0.2) is 12.2 Å². The molecule has 3 heteroatoms. The fourth-order valence-corrected chi connectivity index (χ4v) is 1.60. The summed E-state index contributed by atoms with van der Waals surface area (Å²) in [6, 6.07) is 0. The Morgan fingerprint density at radius 3 is 2.57 bits per heavy atom. The Bertz CT molecular complexity index is 112. The highest BCUT2D eigenvalue weighted by atomic mass is 127. The summed E-state index contributed by atoms with van der Waals surface area (Å²) >= 11 is 2.43. The molecule has 84 valence electrons. The van der Waals surface area contributed by atoms with E-state index >= 15 is 0 Å². The lowest BCUT2D eigenvalue weighted by Crippen LogP contribution is -1.96. The minimum absolute atomic E-state index is 0.406. The van der Waals surface area contributed by atoms with Crippen molar-refractivity contribution >= 4 is 22.6 Å². The summed E-state index contributed by atoms with van der Waals surface area (Å²) in [5.41, 5.74) is 0. The first-order valence-corrected chi connectivity index (χ1v) is 6.72. The molecule has 0 aromatic carbocycles. The van der Waals surface area contributed by atoms with Crippen LogP contribution in [-0.4, -0.2) is 24.9 Å². The molecular formula is C11H21IO2. The number of rotatable bonds is 10. The number of methoxy groups -OCH3 is 1. The maximum absolute atomic E-state index is 5.15. The van der Waals surface area contributed by atoms with Crippen molar-refractivity contribution in [1.29, 1.82) is 0 Å². The van der Waals surface area contributed by atoms with Crippen LogP contribution in [-0.2, 0) is 9.47 Å². The van der Waals surface area contributed by atoms with Gasteiger partial charge in [0.25, 0.3) is 0 Å². The lowest BCUT2D eigenvalue weighted by Gasteiger charge is -1.98. The zero-order valence-corrected chi connectivity index (χ0v) is 11.2. The highest BCUT2D eigenvalue weighted by Crippen LogP contribution is 2.03. The summed E-state index contributed by atoms with van der Waals surface area (Å²) in [7, 11) is 1.64. The largest absolute Gasteiger partial charge is 0.359 e. The molecule has 0 heterocycles. The van der Waals surface area contributed by atoms with E-state index in [1.54, 1.807) is 7.11 Å². The van der Waals surface area contributed by atoms with Gasteiger partial charge in [0.15, 0.2) is 0 Å². The predicted octanol–water partition coefficient (Wildman–Crippen LogP) is 3.55. The van der Waals surface area contributed by atoms with Gasteiger partial charge < -0.3 is 9.47 Å². The van der Waals surface area contributed by atoms with Gasteiger partial charge in [0.2, 0.25) is 0 Å². The molecule has 0 aromatic rings. The van der Waals surface area contributed by atoms with Crippen molar-refractivity contribution in [2.75, 3.05) is 24.9 Å². The Kier molecular flexibility index (Phi) is 13.8. The number of allylic oxidation sites excluding steroid dienone is 1. The quantitative estimate of drug-likeness (QED) is 0.202. The second-order valence-corrected chi connectivity index (χ2v) is 4.19. The molecule has 0 saturated carbocycles. The Balaban J connectivity index is 2.96. The Hall–Kier alpha value is 0.390. The van der Waals surface area contributed by atoms with Gasteiger partial charge in [-0.3, -0.25) is 0 Å². The first-order chi connectivity index (χ1) is 6.91. The summed E-state index contributed by atoms with van der Waals surface area (Å²) < 4.78 is 11.2. The van der Waals surface area contributed by atoms with Gasteiger partial charge in [-0.2, -0.15) is 0 Å². The number of ether oxygens (including phenoxy) is 2. The first-order valence-electron chi connectivity index (χ1n) is 5.19. The Morgan fingerprint density at radius 2 is 1.86 bits per heavy atom. The minimum Gasteiger partial charge on any atom is -0.359 e. The smallest absolute Gasteiger partial charge is 0.146 e. The van der Waals surface area contributed by atoms with Crippen LogP contribution in [0.25, 0.3) is 0 Å². The second kappa shape index (κ2) is 13.4. The minimum atomic E-state index is 0.406. The molecule has 0 atom stereocenters. The van der Waals surface area contributed by atoms with Gasteiger partial charge in [-0.25, -0.2) is 0 Å². The van der Waals surface area contributed by atoms with Gasteiger partial charge in [0.1, 0.15) is 6.79 Å². The van der Waals surface area contributed by atoms with Crippen LogP contribution in [0.4, 0.5) is 0 Å². The molecular weight excluding hydrogens is 291 g/mol. The molecule has 0 aliphatic heterocycles. The molecule has 0 spiro atoms. The van der Waals surface area contributed by atoms with E-state index in [0.717, 1.165) is 13.0 Å². The van der Waals surface area contributed by atoms with Crippen LogP contribution in [0.3, 0.4) is 0 Å². The lowest BCUT2D eigenvalue weighted by molar-refractivity contribution is -0.0285. The summed E-state index contributed by atoms with van der Waals surface area (Å²) in [4.78, 5) is 0. The molecule has 0 saturated heterocycles. The molecule has 2 nitrogen and oxygen atoms in total. The van der Waals surface area contributed by atoms with Gasteiger partial charge in [-0.1, -0.05) is 41.2 Å². The highest BCUT2D eigenvalue weighted by molar-refractivity contribution is 14.1. The van der Waals surface area contributed by atoms with Crippen LogP contribution in [0.5, 0.6) is 0 Å². The molecule has 0 aliphatic rings. The van der Waals surface area contributed by atoms with E-state index in [2.05, 4.69) is 34.7 Å². The van der Waals surface area contributed by atoms with Crippen molar-refractivity contribution in [2.24, 2.45) is 0 Å². The average Bonchev–Trinajstić information content (AvgIpc) is 2.21. The van der Waals surface area contributed by atoms with E-state index in [-0.39, 0.29) is 0 Å². The van der Waals surface area contributed by atoms with E-state index < -0.39 is 0 Å². The SMILES string of the molecule is COCOCCC=CCCCCCI. The fraction of sp³-hybridized carbons (Fsp3) is 0.818. The van der Waals surface area contributed by atoms with E-state index in [0.29, 0.717) is 6.79 Å². The molecule has 0 amide bonds. The van der Waals surface area contributed by atoms with Crippen LogP contribution >= 0.6 is 22.6 Å². The fourth-order valence-electron chi connectivity index (χ4n) is 1.06. The summed E-state index contributed by atoms with van der Waals surface area (Å²) in [5.74, 6) is 0. The third kappa shape index (κ3) is 12.4. The topological polar surface area (TPSA) is 18.5 Å². The van der Waals surface area contributed by atoms with E-state index in [4.69, 9.17) is 9.47 Å². The zero-order chi connectivity index (χ0) is 10.5. The molecule has 0 fully saturated rings. The standard InChI is InChI=1S/C11H21IO2/c1-13-11-14-10-8-6-4-2-3-5-7-9-12/h4,6H,2-3,5,7-11H2,1H3. The molecule has 0 bridgehead atoms. The van der Waals surface area contributed by atoms with Crippen molar-refractivity contribution in [3.63, 3.8) is 0 Å². The highest BCUT2D eigenvalue weighted by Gasteiger charge is 1.85. The number of alkyl halides is 1. The van der Waals surface area contributed by atoms with Crippen molar-refractivity contribution in [1.82, 2.24) is 0 Å². The van der Waals surface area contributed by atoms with Crippen molar-refractivity contribution < 1.29 is 9.47 Å². The lowest BCUT2D eigenvalue weighted by atomic mass is 10.2. The molecule has 0 aliphatic carbocycles. The first kappa shape index (κ1) is 14.4. The zero-order valence-electron chi connectivity index (χ0n) is 9.01. The Morgan fingerprint density at radius 1 is 1.07 bits per heavy atom. The summed E-state index contributed by atoms with van der Waals surface area (Å²) in [5, 5.41) is 0. The van der Waals surface area contributed by atoms with Crippen molar-refractivity contribution in [3.8, 4) is 0 Å². The van der Waals surface area contributed by atoms with Gasteiger partial charge >= 0.3 is 0 Å². The second-order valence-electron chi connectivity index (χ2n) is 3.11. The van der Waals surface area contributed by atoms with Gasteiger partial charge in [-0.05, 0) is 30.1 Å². The van der Waals surface area contributed by atoms with Crippen molar-refractivity contribution in [2.45, 2.75) is 32.1 Å². The van der Waals surface area contributed by atoms with Gasteiger partial charge in [-0.15, -0.1) is 0 Å². The van der Waals surface area contributed by atoms with E-state index in [1.165, 1.54) is 30.1 Å². The summed E-state index contributed by atoms with van der Waals surface area (Å²) in [6.07, 6.45) is 10.7. The maximum atomic E-state index is 5.15. The van der Waals surface area contributed by atoms with Gasteiger partial charge in [0.05, 0.1) is 6.61 Å². The molecule has 0 aromatic heterocycles. The third-order valence-electron chi connectivity index (χ3n) is 1.80. The van der Waals surface area contributed by atoms with Crippen LogP contribution < -0.4 is 0 Å². The normalized spacial score (nSPS) is 11.3. The van der Waals surface area contributed by atoms with Crippen LogP contribution in [0.1, 0.15) is 32.1 Å². The number of hydrogen-bond acceptors (Lipinski definition) is 2. The van der Waals surface area contributed by atoms with Crippen molar-refractivity contribution in [3.05, 3.63) is 12.2 Å². The van der Waals surface area contributed by atoms with E-state index in [9.17, 15) is 0 Å². The molecule has 14 heavy (non-hydrogen) atoms. The molecule has 0 radical (unpaired) electrons. The van der Waals surface area contributed by atoms with E-state index in [1.807, 2.05) is 0 Å². The molecule has 0 N–H and O–H groups in total. The predicted molar refractivity (Wildman–Crippen MR) is 68.9 cm³/mol. The molecule has 0 rings (SSSR count). The third-order valence-corrected chi connectivity index (χ3v) is 2.56. The summed E-state index contributed by atoms with van der Waals surface area (Å²) in [6.45, 7) is 1.17. The van der Waals surface area contributed by atoms with Crippen LogP contribution in [0, 0.1) is 0 Å². The number of unbranched alkanes of at least 4 members (excludes halogenated alkanes) is 3. The van der Waals surface area contributed by atoms with Gasteiger partial charge in [0, 0.05) is 7.11 Å². The molecule has 0 unspecified atom stereocenters. The average molecular weight is 312 g/mol. The number of halogens is 1. The van der Waals surface area contributed by atoms with Crippen LogP contribution in [0.2, 0.25) is 0 Å².